The van der Waals surface area contributed by atoms with Crippen LogP contribution in [0, 0.1) is 11.6 Å². The average Bonchev–Trinajstić information content (AvgIpc) is 3.16. The number of carbonyl (C=O) groups is 1. The highest BCUT2D eigenvalue weighted by atomic mass is 19.1. The zero-order valence-corrected chi connectivity index (χ0v) is 18.3. The van der Waals surface area contributed by atoms with E-state index in [0.717, 1.165) is 5.56 Å². The lowest BCUT2D eigenvalue weighted by molar-refractivity contribution is -0.136. The van der Waals surface area contributed by atoms with E-state index in [9.17, 15) is 9.18 Å². The molecule has 0 amide bonds. The van der Waals surface area contributed by atoms with E-state index in [1.165, 1.54) is 26.0 Å². The lowest BCUT2D eigenvalue weighted by Gasteiger charge is -2.44. The summed E-state index contributed by atoms with van der Waals surface area (Å²) in [4.78, 5) is 12.6. The van der Waals surface area contributed by atoms with E-state index >= 15 is 8.78 Å². The molecule has 2 aromatic carbocycles. The number of fused-ring (bicyclic) bond motifs is 3. The molecule has 4 rings (SSSR count). The van der Waals surface area contributed by atoms with Crippen LogP contribution in [0.2, 0.25) is 0 Å². The van der Waals surface area contributed by atoms with Crippen LogP contribution >= 0.6 is 0 Å². The number of halogens is 3. The van der Waals surface area contributed by atoms with Crippen molar-refractivity contribution in [1.29, 1.82) is 0 Å². The summed E-state index contributed by atoms with van der Waals surface area (Å²) in [5.74, 6) is -1.46. The normalized spacial score (nSPS) is 20.3. The number of carboxylic acid groups (broad SMARTS) is 1. The number of ether oxygens (including phenoxy) is 2. The van der Waals surface area contributed by atoms with Crippen molar-refractivity contribution < 1.29 is 32.5 Å². The minimum Gasteiger partial charge on any atom is -0.481 e. The zero-order chi connectivity index (χ0) is 23.2. The van der Waals surface area contributed by atoms with Crippen LogP contribution < -0.4 is 9.47 Å². The number of aryl methyl sites for hydroxylation is 1. The first kappa shape index (κ1) is 22.5. The first-order valence-corrected chi connectivity index (χ1v) is 10.6. The number of nitrogens with zero attached hydrogens (tertiary/aromatic N) is 1. The van der Waals surface area contributed by atoms with Crippen LogP contribution in [0.1, 0.15) is 55.5 Å². The Kier molecular flexibility index (Phi) is 5.83. The quantitative estimate of drug-likeness (QED) is 0.687. The van der Waals surface area contributed by atoms with Crippen molar-refractivity contribution in [1.82, 2.24) is 4.90 Å². The summed E-state index contributed by atoms with van der Waals surface area (Å²) in [6.45, 7) is 4.83. The monoisotopic (exact) mass is 449 g/mol. The van der Waals surface area contributed by atoms with E-state index < -0.39 is 29.3 Å². The number of rotatable bonds is 6. The van der Waals surface area contributed by atoms with Gasteiger partial charge in [0.1, 0.15) is 17.3 Å². The molecule has 2 aliphatic heterocycles. The molecule has 5 nitrogen and oxygen atoms in total. The summed E-state index contributed by atoms with van der Waals surface area (Å²) in [7, 11) is 0. The largest absolute Gasteiger partial charge is 0.481 e. The molecule has 2 unspecified atom stereocenters. The summed E-state index contributed by atoms with van der Waals surface area (Å²) in [5.41, 5.74) is -0.0560. The fraction of sp³-hybridized carbons (Fsp3) is 0.458. The molecule has 2 atom stereocenters. The number of benzene rings is 2. The highest BCUT2D eigenvalue weighted by Crippen LogP contribution is 2.48. The molecule has 0 bridgehead atoms. The Hall–Kier alpha value is -2.74. The molecule has 2 aliphatic rings. The molecule has 0 fully saturated rings. The van der Waals surface area contributed by atoms with Crippen LogP contribution in [-0.2, 0) is 17.6 Å². The Labute approximate surface area is 184 Å². The molecule has 0 aliphatic carbocycles. The van der Waals surface area contributed by atoms with Gasteiger partial charge in [0, 0.05) is 30.1 Å². The summed E-state index contributed by atoms with van der Waals surface area (Å²) in [6, 6.07) is 4.72. The molecule has 0 saturated heterocycles. The molecular formula is C24H26F3NO4. The van der Waals surface area contributed by atoms with Crippen LogP contribution in [0.5, 0.6) is 11.5 Å². The van der Waals surface area contributed by atoms with Gasteiger partial charge in [-0.05, 0) is 62.9 Å². The minimum atomic E-state index is -1.59. The number of alkyl halides is 1. The highest BCUT2D eigenvalue weighted by molar-refractivity contribution is 5.67. The van der Waals surface area contributed by atoms with Crippen molar-refractivity contribution in [2.45, 2.75) is 57.8 Å². The van der Waals surface area contributed by atoms with Gasteiger partial charge in [-0.15, -0.1) is 0 Å². The van der Waals surface area contributed by atoms with Crippen molar-refractivity contribution in [3.05, 3.63) is 58.2 Å². The third kappa shape index (κ3) is 4.28. The Morgan fingerprint density at radius 2 is 1.91 bits per heavy atom. The van der Waals surface area contributed by atoms with Gasteiger partial charge >= 0.3 is 5.97 Å². The lowest BCUT2D eigenvalue weighted by atomic mass is 9.83. The summed E-state index contributed by atoms with van der Waals surface area (Å²) >= 11 is 0. The van der Waals surface area contributed by atoms with Gasteiger partial charge < -0.3 is 14.6 Å². The van der Waals surface area contributed by atoms with Gasteiger partial charge in [-0.3, -0.25) is 9.69 Å². The fourth-order valence-electron chi connectivity index (χ4n) is 4.65. The maximum atomic E-state index is 15.4. The number of hydrogen-bond acceptors (Lipinski definition) is 4. The van der Waals surface area contributed by atoms with Crippen LogP contribution in [-0.4, -0.2) is 41.0 Å². The molecule has 8 heteroatoms. The minimum absolute atomic E-state index is 0.0149. The maximum Gasteiger partial charge on any atom is 0.303 e. The zero-order valence-electron chi connectivity index (χ0n) is 18.3. The number of aliphatic carboxylic acids is 1. The molecule has 0 saturated carbocycles. The number of hydrogen-bond donors (Lipinski definition) is 1. The molecule has 0 radical (unpaired) electrons. The Morgan fingerprint density at radius 3 is 2.53 bits per heavy atom. The summed E-state index contributed by atoms with van der Waals surface area (Å²) in [6.07, 6.45) is 0.308. The van der Waals surface area contributed by atoms with E-state index in [1.54, 1.807) is 17.0 Å². The third-order valence-electron chi connectivity index (χ3n) is 5.97. The van der Waals surface area contributed by atoms with Crippen LogP contribution in [0.15, 0.2) is 24.3 Å². The molecule has 32 heavy (non-hydrogen) atoms. The van der Waals surface area contributed by atoms with Gasteiger partial charge in [-0.25, -0.2) is 13.2 Å². The van der Waals surface area contributed by atoms with E-state index in [2.05, 4.69) is 0 Å². The van der Waals surface area contributed by atoms with Crippen LogP contribution in [0.3, 0.4) is 0 Å². The second-order valence-corrected chi connectivity index (χ2v) is 9.08. The first-order chi connectivity index (χ1) is 15.0. The SMILES string of the molecule is CC1Cc2c(ccc3c2OCO3)C(c2c(F)cc(CCC(=O)O)cc2F)N1CC(C)(C)F. The maximum absolute atomic E-state index is 15.4. The Balaban J connectivity index is 1.85. The van der Waals surface area contributed by atoms with Crippen molar-refractivity contribution in [3.8, 4) is 11.5 Å². The van der Waals surface area contributed by atoms with Gasteiger partial charge in [0.25, 0.3) is 0 Å². The van der Waals surface area contributed by atoms with E-state index in [-0.39, 0.29) is 43.3 Å². The molecule has 0 aromatic heterocycles. The van der Waals surface area contributed by atoms with Gasteiger partial charge in [0.2, 0.25) is 6.79 Å². The topological polar surface area (TPSA) is 59.0 Å². The van der Waals surface area contributed by atoms with E-state index in [0.29, 0.717) is 23.5 Å². The number of carboxylic acids is 1. The van der Waals surface area contributed by atoms with Crippen LogP contribution in [0.4, 0.5) is 13.2 Å². The molecule has 1 N–H and O–H groups in total. The van der Waals surface area contributed by atoms with E-state index in [1.807, 2.05) is 6.92 Å². The molecule has 2 aromatic rings. The molecule has 0 spiro atoms. The van der Waals surface area contributed by atoms with Crippen molar-refractivity contribution >= 4 is 5.97 Å². The standard InChI is InChI=1S/C24H26F3NO4/c1-13-8-16-15(5-6-19-23(16)32-12-31-19)22(28(13)11-24(2,3)27)21-17(25)9-14(10-18(21)26)4-7-20(29)30/h5-6,9-10,13,22H,4,7-8,11-12H2,1-3H3,(H,29,30). The summed E-state index contributed by atoms with van der Waals surface area (Å²) < 4.78 is 56.6. The van der Waals surface area contributed by atoms with Crippen molar-refractivity contribution in [3.63, 3.8) is 0 Å². The van der Waals surface area contributed by atoms with Crippen molar-refractivity contribution in [2.24, 2.45) is 0 Å². The average molecular weight is 449 g/mol. The van der Waals surface area contributed by atoms with Gasteiger partial charge in [-0.2, -0.15) is 0 Å². The molecule has 2 heterocycles. The van der Waals surface area contributed by atoms with Gasteiger partial charge in [0.05, 0.1) is 6.04 Å². The van der Waals surface area contributed by atoms with Crippen LogP contribution in [0.25, 0.3) is 0 Å². The van der Waals surface area contributed by atoms with Gasteiger partial charge in [0.15, 0.2) is 11.5 Å². The Morgan fingerprint density at radius 1 is 1.22 bits per heavy atom. The van der Waals surface area contributed by atoms with Gasteiger partial charge in [-0.1, -0.05) is 6.07 Å². The van der Waals surface area contributed by atoms with E-state index in [4.69, 9.17) is 14.6 Å². The predicted molar refractivity (Wildman–Crippen MR) is 112 cm³/mol. The molecule has 172 valence electrons. The third-order valence-corrected chi connectivity index (χ3v) is 5.97. The second-order valence-electron chi connectivity index (χ2n) is 9.08. The second kappa shape index (κ2) is 8.31. The predicted octanol–water partition coefficient (Wildman–Crippen LogP) is 4.79. The fourth-order valence-corrected chi connectivity index (χ4v) is 4.65. The Bertz CT molecular complexity index is 1030. The van der Waals surface area contributed by atoms with Crippen molar-refractivity contribution in [2.75, 3.05) is 13.3 Å². The summed E-state index contributed by atoms with van der Waals surface area (Å²) in [5, 5.41) is 8.88. The first-order valence-electron chi connectivity index (χ1n) is 10.6. The lowest BCUT2D eigenvalue weighted by Crippen LogP contribution is -2.48. The molecular weight excluding hydrogens is 423 g/mol. The highest BCUT2D eigenvalue weighted by Gasteiger charge is 2.41. The smallest absolute Gasteiger partial charge is 0.303 e.